The van der Waals surface area contributed by atoms with Crippen molar-refractivity contribution < 1.29 is 0 Å². The first-order valence-corrected chi connectivity index (χ1v) is 7.34. The number of hydrogen-bond acceptors (Lipinski definition) is 2. The fourth-order valence-corrected chi connectivity index (χ4v) is 2.43. The SMILES string of the molecule is CCCCN(CCCC)c1c(Cl)cccc1CN. The number of anilines is 1. The molecule has 2 N–H and O–H groups in total. The molecule has 0 aromatic heterocycles. The Morgan fingerprint density at radius 1 is 1.11 bits per heavy atom. The average Bonchev–Trinajstić information content (AvgIpc) is 2.39. The Bertz CT molecular complexity index is 344. The highest BCUT2D eigenvalue weighted by Gasteiger charge is 2.13. The molecule has 1 rings (SSSR count). The molecule has 0 saturated carbocycles. The minimum Gasteiger partial charge on any atom is -0.370 e. The number of nitrogens with two attached hydrogens (primary N) is 1. The maximum atomic E-state index is 6.36. The molecule has 0 aliphatic heterocycles. The average molecular weight is 269 g/mol. The van der Waals surface area contributed by atoms with Gasteiger partial charge in [-0.15, -0.1) is 0 Å². The first-order valence-electron chi connectivity index (χ1n) is 6.97. The topological polar surface area (TPSA) is 29.3 Å². The van der Waals surface area contributed by atoms with E-state index in [0.29, 0.717) is 6.54 Å². The van der Waals surface area contributed by atoms with Crippen LogP contribution in [-0.2, 0) is 6.54 Å². The Balaban J connectivity index is 2.94. The first-order chi connectivity index (χ1) is 8.74. The zero-order valence-corrected chi connectivity index (χ0v) is 12.3. The van der Waals surface area contributed by atoms with E-state index in [4.69, 9.17) is 17.3 Å². The van der Waals surface area contributed by atoms with Gasteiger partial charge >= 0.3 is 0 Å². The van der Waals surface area contributed by atoms with Crippen molar-refractivity contribution in [3.8, 4) is 0 Å². The summed E-state index contributed by atoms with van der Waals surface area (Å²) in [5, 5.41) is 0.824. The van der Waals surface area contributed by atoms with E-state index in [1.165, 1.54) is 25.7 Å². The Hall–Kier alpha value is -0.730. The smallest absolute Gasteiger partial charge is 0.0642 e. The van der Waals surface area contributed by atoms with Crippen LogP contribution in [-0.4, -0.2) is 13.1 Å². The van der Waals surface area contributed by atoms with Gasteiger partial charge in [-0.25, -0.2) is 0 Å². The number of para-hydroxylation sites is 1. The lowest BCUT2D eigenvalue weighted by molar-refractivity contribution is 0.675. The highest BCUT2D eigenvalue weighted by molar-refractivity contribution is 6.33. The third kappa shape index (κ3) is 4.18. The largest absolute Gasteiger partial charge is 0.370 e. The zero-order chi connectivity index (χ0) is 13.4. The van der Waals surface area contributed by atoms with Gasteiger partial charge in [-0.1, -0.05) is 50.4 Å². The van der Waals surface area contributed by atoms with E-state index in [1.807, 2.05) is 12.1 Å². The predicted molar refractivity (Wildman–Crippen MR) is 81.4 cm³/mol. The van der Waals surface area contributed by atoms with Gasteiger partial charge in [0.2, 0.25) is 0 Å². The van der Waals surface area contributed by atoms with Gasteiger partial charge in [0.25, 0.3) is 0 Å². The second kappa shape index (κ2) is 8.39. The van der Waals surface area contributed by atoms with E-state index in [9.17, 15) is 0 Å². The van der Waals surface area contributed by atoms with Crippen molar-refractivity contribution >= 4 is 17.3 Å². The van der Waals surface area contributed by atoms with E-state index < -0.39 is 0 Å². The summed E-state index contributed by atoms with van der Waals surface area (Å²) in [6.45, 7) is 7.11. The fourth-order valence-electron chi connectivity index (χ4n) is 2.11. The second-order valence-electron chi connectivity index (χ2n) is 4.65. The molecule has 0 saturated heterocycles. The van der Waals surface area contributed by atoms with Gasteiger partial charge in [-0.3, -0.25) is 0 Å². The summed E-state index contributed by atoms with van der Waals surface area (Å²) in [7, 11) is 0. The third-order valence-electron chi connectivity index (χ3n) is 3.17. The molecule has 1 aromatic carbocycles. The number of benzene rings is 1. The lowest BCUT2D eigenvalue weighted by atomic mass is 10.1. The van der Waals surface area contributed by atoms with Gasteiger partial charge in [0.1, 0.15) is 0 Å². The van der Waals surface area contributed by atoms with Gasteiger partial charge in [0.15, 0.2) is 0 Å². The van der Waals surface area contributed by atoms with Crippen LogP contribution in [0, 0.1) is 0 Å². The van der Waals surface area contributed by atoms with Crippen molar-refractivity contribution in [2.75, 3.05) is 18.0 Å². The molecule has 0 bridgehead atoms. The van der Waals surface area contributed by atoms with E-state index in [1.54, 1.807) is 0 Å². The lowest BCUT2D eigenvalue weighted by Gasteiger charge is -2.28. The van der Waals surface area contributed by atoms with Crippen LogP contribution >= 0.6 is 11.6 Å². The standard InChI is InChI=1S/C15H25ClN2/c1-3-5-10-18(11-6-4-2)15-13(12-17)8-7-9-14(15)16/h7-9H,3-6,10-12,17H2,1-2H3. The first kappa shape index (κ1) is 15.3. The summed E-state index contributed by atoms with van der Waals surface area (Å²) in [6, 6.07) is 6.01. The molecule has 0 aliphatic rings. The van der Waals surface area contributed by atoms with Crippen molar-refractivity contribution in [3.63, 3.8) is 0 Å². The molecule has 0 spiro atoms. The maximum absolute atomic E-state index is 6.36. The molecule has 0 fully saturated rings. The molecule has 0 radical (unpaired) electrons. The summed E-state index contributed by atoms with van der Waals surface area (Å²) < 4.78 is 0. The third-order valence-corrected chi connectivity index (χ3v) is 3.47. The fraction of sp³-hybridized carbons (Fsp3) is 0.600. The van der Waals surface area contributed by atoms with Crippen LogP contribution in [0.3, 0.4) is 0 Å². The summed E-state index contributed by atoms with van der Waals surface area (Å²) in [6.07, 6.45) is 4.79. The molecule has 102 valence electrons. The van der Waals surface area contributed by atoms with Crippen LogP contribution in [0.4, 0.5) is 5.69 Å². The van der Waals surface area contributed by atoms with Gasteiger partial charge in [0.05, 0.1) is 10.7 Å². The molecule has 1 aromatic rings. The van der Waals surface area contributed by atoms with Crippen LogP contribution in [0.5, 0.6) is 0 Å². The number of rotatable bonds is 8. The van der Waals surface area contributed by atoms with Crippen molar-refractivity contribution in [2.24, 2.45) is 5.73 Å². The van der Waals surface area contributed by atoms with Gasteiger partial charge in [-0.05, 0) is 24.5 Å². The molecule has 0 amide bonds. The minimum atomic E-state index is 0.546. The molecule has 0 heterocycles. The number of halogens is 1. The lowest BCUT2D eigenvalue weighted by Crippen LogP contribution is -2.27. The molecule has 0 aliphatic carbocycles. The number of unbranched alkanes of at least 4 members (excludes halogenated alkanes) is 2. The molecular formula is C15H25ClN2. The monoisotopic (exact) mass is 268 g/mol. The van der Waals surface area contributed by atoms with Gasteiger partial charge in [0, 0.05) is 19.6 Å². The number of hydrogen-bond donors (Lipinski definition) is 1. The molecule has 18 heavy (non-hydrogen) atoms. The normalized spacial score (nSPS) is 10.7. The van der Waals surface area contributed by atoms with Gasteiger partial charge < -0.3 is 10.6 Å². The van der Waals surface area contributed by atoms with E-state index in [-0.39, 0.29) is 0 Å². The highest BCUT2D eigenvalue weighted by atomic mass is 35.5. The Kier molecular flexibility index (Phi) is 7.14. The minimum absolute atomic E-state index is 0.546. The van der Waals surface area contributed by atoms with Crippen LogP contribution in [0.2, 0.25) is 5.02 Å². The Morgan fingerprint density at radius 2 is 1.72 bits per heavy atom. The second-order valence-corrected chi connectivity index (χ2v) is 5.05. The molecule has 0 unspecified atom stereocenters. The Labute approximate surface area is 116 Å². The molecule has 3 heteroatoms. The van der Waals surface area contributed by atoms with Crippen LogP contribution in [0.1, 0.15) is 45.1 Å². The van der Waals surface area contributed by atoms with Crippen LogP contribution in [0.15, 0.2) is 18.2 Å². The molecule has 0 atom stereocenters. The van der Waals surface area contributed by atoms with Crippen molar-refractivity contribution in [1.82, 2.24) is 0 Å². The predicted octanol–water partition coefficient (Wildman–Crippen LogP) is 4.21. The highest BCUT2D eigenvalue weighted by Crippen LogP contribution is 2.30. The maximum Gasteiger partial charge on any atom is 0.0642 e. The zero-order valence-electron chi connectivity index (χ0n) is 11.6. The van der Waals surface area contributed by atoms with Crippen molar-refractivity contribution in [3.05, 3.63) is 28.8 Å². The summed E-state index contributed by atoms with van der Waals surface area (Å²) >= 11 is 6.36. The molecular weight excluding hydrogens is 244 g/mol. The summed E-state index contributed by atoms with van der Waals surface area (Å²) in [5.41, 5.74) is 8.12. The van der Waals surface area contributed by atoms with E-state index in [2.05, 4.69) is 24.8 Å². The number of nitrogens with zero attached hydrogens (tertiary/aromatic N) is 1. The summed E-state index contributed by atoms with van der Waals surface area (Å²) in [4.78, 5) is 2.40. The van der Waals surface area contributed by atoms with Crippen LogP contribution < -0.4 is 10.6 Å². The van der Waals surface area contributed by atoms with Crippen molar-refractivity contribution in [1.29, 1.82) is 0 Å². The van der Waals surface area contributed by atoms with E-state index >= 15 is 0 Å². The quantitative estimate of drug-likeness (QED) is 0.765. The molecule has 2 nitrogen and oxygen atoms in total. The van der Waals surface area contributed by atoms with Gasteiger partial charge in [-0.2, -0.15) is 0 Å². The summed E-state index contributed by atoms with van der Waals surface area (Å²) in [5.74, 6) is 0. The van der Waals surface area contributed by atoms with Crippen LogP contribution in [0.25, 0.3) is 0 Å². The van der Waals surface area contributed by atoms with E-state index in [0.717, 1.165) is 29.4 Å². The van der Waals surface area contributed by atoms with Crippen molar-refractivity contribution in [2.45, 2.75) is 46.1 Å². The Morgan fingerprint density at radius 3 is 2.22 bits per heavy atom.